The number of carbonyl (C=O) groups excluding carboxylic acids is 1. The van der Waals surface area contributed by atoms with Crippen molar-refractivity contribution in [2.24, 2.45) is 23.7 Å². The van der Waals surface area contributed by atoms with E-state index in [9.17, 15) is 14.7 Å². The van der Waals surface area contributed by atoms with Crippen molar-refractivity contribution >= 4 is 11.9 Å². The second kappa shape index (κ2) is 4.81. The smallest absolute Gasteiger partial charge is 0.307 e. The third kappa shape index (κ3) is 1.99. The molecule has 0 aromatic rings. The van der Waals surface area contributed by atoms with Gasteiger partial charge in [0.25, 0.3) is 0 Å². The fraction of sp³-hybridized carbons (Fsp3) is 0.615. The molecule has 4 atom stereocenters. The highest BCUT2D eigenvalue weighted by Gasteiger charge is 2.52. The Balaban J connectivity index is 2.12. The monoisotopic (exact) mass is 248 g/mol. The summed E-state index contributed by atoms with van der Waals surface area (Å²) in [5, 5.41) is 17.8. The van der Waals surface area contributed by atoms with Crippen LogP contribution in [0.2, 0.25) is 0 Å². The van der Waals surface area contributed by atoms with E-state index in [-0.39, 0.29) is 24.2 Å². The Morgan fingerprint density at radius 3 is 2.56 bits per heavy atom. The Labute approximate surface area is 106 Å². The van der Waals surface area contributed by atoms with Crippen molar-refractivity contribution in [2.45, 2.75) is 12.8 Å². The Bertz CT molecular complexity index is 438. The van der Waals surface area contributed by atoms with Gasteiger partial charge in [-0.05, 0) is 18.3 Å². The first-order valence-corrected chi connectivity index (χ1v) is 6.09. The Morgan fingerprint density at radius 1 is 1.39 bits per heavy atom. The van der Waals surface area contributed by atoms with Crippen LogP contribution in [-0.4, -0.2) is 35.5 Å². The summed E-state index contributed by atoms with van der Waals surface area (Å²) in [7, 11) is 1.63. The van der Waals surface area contributed by atoms with Crippen molar-refractivity contribution in [3.63, 3.8) is 0 Å². The van der Waals surface area contributed by atoms with Crippen molar-refractivity contribution < 1.29 is 14.7 Å². The molecule has 1 N–H and O–H groups in total. The molecule has 4 unspecified atom stereocenters. The predicted molar refractivity (Wildman–Crippen MR) is 63.2 cm³/mol. The SMILES string of the molecule is CN(CCC#N)C(=O)C1C2C=CC(C2)C1C(=O)O. The van der Waals surface area contributed by atoms with Crippen LogP contribution in [0.3, 0.4) is 0 Å². The first-order chi connectivity index (χ1) is 8.56. The van der Waals surface area contributed by atoms with Crippen molar-refractivity contribution in [3.05, 3.63) is 12.2 Å². The number of nitriles is 1. The third-order valence-corrected chi connectivity index (χ3v) is 3.96. The molecule has 1 amide bonds. The number of allylic oxidation sites excluding steroid dienone is 2. The number of aliphatic carboxylic acids is 1. The molecule has 0 aromatic carbocycles. The molecule has 96 valence electrons. The molecule has 2 bridgehead atoms. The maximum absolute atomic E-state index is 12.3. The fourth-order valence-corrected chi connectivity index (χ4v) is 3.08. The van der Waals surface area contributed by atoms with Crippen LogP contribution in [0.1, 0.15) is 12.8 Å². The minimum absolute atomic E-state index is 0.00850. The van der Waals surface area contributed by atoms with Crippen LogP contribution in [0.5, 0.6) is 0 Å². The second-order valence-corrected chi connectivity index (χ2v) is 5.01. The number of fused-ring (bicyclic) bond motifs is 2. The number of carboxylic acid groups (broad SMARTS) is 1. The second-order valence-electron chi connectivity index (χ2n) is 5.01. The zero-order chi connectivity index (χ0) is 13.3. The minimum Gasteiger partial charge on any atom is -0.481 e. The van der Waals surface area contributed by atoms with E-state index in [0.717, 1.165) is 6.42 Å². The highest BCUT2D eigenvalue weighted by atomic mass is 16.4. The normalized spacial score (nSPS) is 32.2. The highest BCUT2D eigenvalue weighted by Crippen LogP contribution is 2.48. The van der Waals surface area contributed by atoms with Gasteiger partial charge in [-0.3, -0.25) is 9.59 Å². The summed E-state index contributed by atoms with van der Waals surface area (Å²) in [5.41, 5.74) is 0. The van der Waals surface area contributed by atoms with Gasteiger partial charge in [-0.1, -0.05) is 12.2 Å². The molecule has 0 heterocycles. The summed E-state index contributed by atoms with van der Waals surface area (Å²) in [4.78, 5) is 25.0. The first kappa shape index (κ1) is 12.6. The molecule has 1 fully saturated rings. The van der Waals surface area contributed by atoms with Crippen molar-refractivity contribution in [1.82, 2.24) is 4.90 Å². The van der Waals surface area contributed by atoms with E-state index in [2.05, 4.69) is 0 Å². The third-order valence-electron chi connectivity index (χ3n) is 3.96. The molecule has 5 heteroatoms. The lowest BCUT2D eigenvalue weighted by Gasteiger charge is -2.28. The molecular formula is C13H16N2O3. The summed E-state index contributed by atoms with van der Waals surface area (Å²) < 4.78 is 0. The predicted octanol–water partition coefficient (Wildman–Crippen LogP) is 0.881. The quantitative estimate of drug-likeness (QED) is 0.749. The Kier molecular flexibility index (Phi) is 3.37. The molecule has 18 heavy (non-hydrogen) atoms. The summed E-state index contributed by atoms with van der Waals surface area (Å²) >= 11 is 0. The summed E-state index contributed by atoms with van der Waals surface area (Å²) in [6.07, 6.45) is 4.92. The van der Waals surface area contributed by atoms with E-state index < -0.39 is 17.8 Å². The van der Waals surface area contributed by atoms with Gasteiger partial charge in [-0.25, -0.2) is 0 Å². The van der Waals surface area contributed by atoms with Crippen molar-refractivity contribution in [3.8, 4) is 6.07 Å². The van der Waals surface area contributed by atoms with Gasteiger partial charge in [0.05, 0.1) is 24.3 Å². The Hall–Kier alpha value is -1.83. The van der Waals surface area contributed by atoms with E-state index in [1.165, 1.54) is 4.90 Å². The van der Waals surface area contributed by atoms with E-state index in [1.54, 1.807) is 7.05 Å². The topological polar surface area (TPSA) is 81.4 Å². The number of rotatable bonds is 4. The molecule has 5 nitrogen and oxygen atoms in total. The molecule has 0 aliphatic heterocycles. The molecular weight excluding hydrogens is 232 g/mol. The van der Waals surface area contributed by atoms with Crippen molar-refractivity contribution in [2.75, 3.05) is 13.6 Å². The van der Waals surface area contributed by atoms with Gasteiger partial charge in [0, 0.05) is 13.6 Å². The van der Waals surface area contributed by atoms with Crippen LogP contribution in [0, 0.1) is 35.0 Å². The largest absolute Gasteiger partial charge is 0.481 e. The molecule has 2 rings (SSSR count). The lowest BCUT2D eigenvalue weighted by atomic mass is 9.82. The maximum Gasteiger partial charge on any atom is 0.307 e. The standard InChI is InChI=1S/C13H16N2O3/c1-15(6-2-5-14)12(16)10-8-3-4-9(7-8)11(10)13(17)18/h3-4,8-11H,2,6-7H2,1H3,(H,17,18). The zero-order valence-electron chi connectivity index (χ0n) is 10.2. The van der Waals surface area contributed by atoms with Crippen LogP contribution < -0.4 is 0 Å². The lowest BCUT2D eigenvalue weighted by Crippen LogP contribution is -2.41. The average Bonchev–Trinajstić information content (AvgIpc) is 2.94. The first-order valence-electron chi connectivity index (χ1n) is 6.09. The Morgan fingerprint density at radius 2 is 2.00 bits per heavy atom. The average molecular weight is 248 g/mol. The summed E-state index contributed by atoms with van der Waals surface area (Å²) in [6, 6.07) is 1.99. The van der Waals surface area contributed by atoms with E-state index in [0.29, 0.717) is 6.54 Å². The molecule has 0 saturated heterocycles. The van der Waals surface area contributed by atoms with Crippen LogP contribution >= 0.6 is 0 Å². The molecule has 0 aromatic heterocycles. The number of carboxylic acids is 1. The van der Waals surface area contributed by atoms with Gasteiger partial charge in [-0.15, -0.1) is 0 Å². The van der Waals surface area contributed by atoms with Crippen LogP contribution in [-0.2, 0) is 9.59 Å². The van der Waals surface area contributed by atoms with Gasteiger partial charge in [0.2, 0.25) is 5.91 Å². The molecule has 0 spiro atoms. The van der Waals surface area contributed by atoms with Crippen molar-refractivity contribution in [1.29, 1.82) is 5.26 Å². The minimum atomic E-state index is -0.890. The highest BCUT2D eigenvalue weighted by molar-refractivity contribution is 5.86. The number of hydrogen-bond donors (Lipinski definition) is 1. The lowest BCUT2D eigenvalue weighted by molar-refractivity contribution is -0.150. The fourth-order valence-electron chi connectivity index (χ4n) is 3.08. The van der Waals surface area contributed by atoms with Crippen LogP contribution in [0.4, 0.5) is 0 Å². The van der Waals surface area contributed by atoms with Gasteiger partial charge in [-0.2, -0.15) is 5.26 Å². The molecule has 2 aliphatic rings. The van der Waals surface area contributed by atoms with E-state index in [1.807, 2.05) is 18.2 Å². The zero-order valence-corrected chi connectivity index (χ0v) is 10.2. The van der Waals surface area contributed by atoms with Gasteiger partial charge < -0.3 is 10.0 Å². The van der Waals surface area contributed by atoms with Gasteiger partial charge in [0.1, 0.15) is 0 Å². The molecule has 2 aliphatic carbocycles. The number of nitrogens with zero attached hydrogens (tertiary/aromatic N) is 2. The summed E-state index contributed by atoms with van der Waals surface area (Å²) in [5.74, 6) is -2.05. The maximum atomic E-state index is 12.3. The number of carbonyl (C=O) groups is 2. The van der Waals surface area contributed by atoms with E-state index >= 15 is 0 Å². The van der Waals surface area contributed by atoms with Crippen LogP contribution in [0.25, 0.3) is 0 Å². The molecule has 1 saturated carbocycles. The van der Waals surface area contributed by atoms with Gasteiger partial charge in [0.15, 0.2) is 0 Å². The number of hydrogen-bond acceptors (Lipinski definition) is 3. The number of amides is 1. The van der Waals surface area contributed by atoms with E-state index in [4.69, 9.17) is 5.26 Å². The summed E-state index contributed by atoms with van der Waals surface area (Å²) in [6.45, 7) is 0.360. The van der Waals surface area contributed by atoms with Gasteiger partial charge >= 0.3 is 5.97 Å². The molecule has 0 radical (unpaired) electrons. The van der Waals surface area contributed by atoms with Crippen LogP contribution in [0.15, 0.2) is 12.2 Å².